The van der Waals surface area contributed by atoms with Crippen LogP contribution < -0.4 is 4.90 Å². The second kappa shape index (κ2) is 6.96. The molecule has 6 rings (SSSR count). The Labute approximate surface area is 183 Å². The standard InChI is InChI=1S/C23H23F2N5O2/c1-14-13-27-30-19(4-7-26-21(14)30)28-8-5-23(6-9-28)22(31)29-18(2-3-20(29)32-23)15-10-16(24)12-17(25)11-15/h4,7,10-13,18,20H,2-3,5-6,8-9H2,1H3/t18-,20+/m0/s1. The molecule has 3 aliphatic heterocycles. The number of aryl methyl sites for hydroxylation is 1. The number of ether oxygens (including phenoxy) is 1. The third-order valence-corrected chi connectivity index (χ3v) is 7.04. The van der Waals surface area contributed by atoms with Crippen LogP contribution in [-0.2, 0) is 9.53 Å². The van der Waals surface area contributed by atoms with E-state index in [0.29, 0.717) is 44.3 Å². The summed E-state index contributed by atoms with van der Waals surface area (Å²) in [6.45, 7) is 3.26. The molecule has 32 heavy (non-hydrogen) atoms. The first kappa shape index (κ1) is 19.6. The number of carbonyl (C=O) groups is 1. The maximum absolute atomic E-state index is 13.8. The number of amides is 1. The molecule has 0 aliphatic carbocycles. The van der Waals surface area contributed by atoms with Crippen LogP contribution in [0.2, 0.25) is 0 Å². The lowest BCUT2D eigenvalue weighted by Gasteiger charge is -2.38. The van der Waals surface area contributed by atoms with Crippen LogP contribution >= 0.6 is 0 Å². The summed E-state index contributed by atoms with van der Waals surface area (Å²) < 4.78 is 35.8. The molecule has 3 aromatic rings. The lowest BCUT2D eigenvalue weighted by Crippen LogP contribution is -2.50. The smallest absolute Gasteiger partial charge is 0.257 e. The van der Waals surface area contributed by atoms with Gasteiger partial charge in [0.1, 0.15) is 23.7 Å². The molecule has 9 heteroatoms. The van der Waals surface area contributed by atoms with Crippen molar-refractivity contribution in [2.45, 2.75) is 50.5 Å². The van der Waals surface area contributed by atoms with Crippen LogP contribution in [0.4, 0.5) is 14.6 Å². The number of piperidine rings is 1. The van der Waals surface area contributed by atoms with Gasteiger partial charge in [-0.15, -0.1) is 0 Å². The largest absolute Gasteiger partial charge is 0.356 e. The fourth-order valence-electron chi connectivity index (χ4n) is 5.47. The van der Waals surface area contributed by atoms with Gasteiger partial charge in [-0.1, -0.05) is 0 Å². The summed E-state index contributed by atoms with van der Waals surface area (Å²) >= 11 is 0. The molecule has 0 unspecified atom stereocenters. The Hall–Kier alpha value is -3.07. The summed E-state index contributed by atoms with van der Waals surface area (Å²) in [5.74, 6) is -0.380. The van der Waals surface area contributed by atoms with Crippen LogP contribution in [0.3, 0.4) is 0 Å². The maximum Gasteiger partial charge on any atom is 0.257 e. The normalized spacial score (nSPS) is 24.7. The molecule has 7 nitrogen and oxygen atoms in total. The van der Waals surface area contributed by atoms with Gasteiger partial charge in [0.2, 0.25) is 0 Å². The van der Waals surface area contributed by atoms with E-state index in [-0.39, 0.29) is 18.2 Å². The molecule has 3 saturated heterocycles. The highest BCUT2D eigenvalue weighted by molar-refractivity contribution is 5.88. The lowest BCUT2D eigenvalue weighted by atomic mass is 9.89. The maximum atomic E-state index is 13.8. The summed E-state index contributed by atoms with van der Waals surface area (Å²) in [5.41, 5.74) is 1.44. The molecule has 1 spiro atoms. The van der Waals surface area contributed by atoms with Crippen molar-refractivity contribution in [1.29, 1.82) is 0 Å². The number of rotatable bonds is 2. The third kappa shape index (κ3) is 2.83. The number of aromatic nitrogens is 3. The van der Waals surface area contributed by atoms with Gasteiger partial charge in [0.25, 0.3) is 5.91 Å². The van der Waals surface area contributed by atoms with E-state index < -0.39 is 17.2 Å². The number of anilines is 1. The fraction of sp³-hybridized carbons (Fsp3) is 0.435. The zero-order valence-corrected chi connectivity index (χ0v) is 17.7. The van der Waals surface area contributed by atoms with Gasteiger partial charge >= 0.3 is 0 Å². The van der Waals surface area contributed by atoms with Crippen molar-refractivity contribution < 1.29 is 18.3 Å². The first-order valence-electron chi connectivity index (χ1n) is 11.0. The Morgan fingerprint density at radius 2 is 1.88 bits per heavy atom. The highest BCUT2D eigenvalue weighted by Crippen LogP contribution is 2.48. The topological polar surface area (TPSA) is 63.0 Å². The number of fused-ring (bicyclic) bond motifs is 2. The van der Waals surface area contributed by atoms with E-state index in [1.165, 1.54) is 12.1 Å². The lowest BCUT2D eigenvalue weighted by molar-refractivity contribution is -0.140. The van der Waals surface area contributed by atoms with E-state index >= 15 is 0 Å². The predicted octanol–water partition coefficient (Wildman–Crippen LogP) is 3.37. The van der Waals surface area contributed by atoms with Crippen molar-refractivity contribution in [3.05, 3.63) is 59.4 Å². The molecule has 3 fully saturated rings. The summed E-state index contributed by atoms with van der Waals surface area (Å²) in [4.78, 5) is 21.9. The zero-order chi connectivity index (χ0) is 22.0. The molecule has 5 heterocycles. The number of halogens is 2. The van der Waals surface area contributed by atoms with Crippen molar-refractivity contribution in [3.63, 3.8) is 0 Å². The average molecular weight is 439 g/mol. The molecule has 0 bridgehead atoms. The van der Waals surface area contributed by atoms with Gasteiger partial charge in [-0.3, -0.25) is 4.79 Å². The van der Waals surface area contributed by atoms with Gasteiger partial charge in [0.15, 0.2) is 11.2 Å². The van der Waals surface area contributed by atoms with E-state index in [2.05, 4.69) is 15.0 Å². The van der Waals surface area contributed by atoms with Crippen LogP contribution in [0, 0.1) is 18.6 Å². The molecule has 1 amide bonds. The highest BCUT2D eigenvalue weighted by Gasteiger charge is 2.58. The molecular weight excluding hydrogens is 416 g/mol. The molecule has 2 aromatic heterocycles. The fourth-order valence-corrected chi connectivity index (χ4v) is 5.47. The summed E-state index contributed by atoms with van der Waals surface area (Å²) in [5, 5.41) is 4.45. The number of nitrogens with zero attached hydrogens (tertiary/aromatic N) is 5. The van der Waals surface area contributed by atoms with Gasteiger partial charge < -0.3 is 14.5 Å². The Kier molecular flexibility index (Phi) is 4.27. The van der Waals surface area contributed by atoms with Crippen LogP contribution in [-0.4, -0.2) is 50.3 Å². The number of hydrogen-bond acceptors (Lipinski definition) is 5. The Morgan fingerprint density at radius 3 is 2.62 bits per heavy atom. The van der Waals surface area contributed by atoms with Crippen LogP contribution in [0.25, 0.3) is 5.65 Å². The Balaban J connectivity index is 1.24. The molecule has 0 N–H and O–H groups in total. The molecule has 3 aliphatic rings. The number of carbonyl (C=O) groups excluding carboxylic acids is 1. The van der Waals surface area contributed by atoms with Crippen molar-refractivity contribution in [1.82, 2.24) is 19.5 Å². The van der Waals surface area contributed by atoms with Crippen LogP contribution in [0.5, 0.6) is 0 Å². The molecule has 0 radical (unpaired) electrons. The molecule has 166 valence electrons. The van der Waals surface area contributed by atoms with Crippen LogP contribution in [0.15, 0.2) is 36.7 Å². The Morgan fingerprint density at radius 1 is 1.12 bits per heavy atom. The summed E-state index contributed by atoms with van der Waals surface area (Å²) in [7, 11) is 0. The summed E-state index contributed by atoms with van der Waals surface area (Å²) in [6.07, 6.45) is 5.63. The first-order chi connectivity index (χ1) is 15.4. The predicted molar refractivity (Wildman–Crippen MR) is 112 cm³/mol. The average Bonchev–Trinajstić information content (AvgIpc) is 3.43. The molecule has 1 aromatic carbocycles. The van der Waals surface area contributed by atoms with Crippen molar-refractivity contribution in [2.75, 3.05) is 18.0 Å². The Bertz CT molecular complexity index is 1200. The number of hydrogen-bond donors (Lipinski definition) is 0. The van der Waals surface area contributed by atoms with E-state index in [9.17, 15) is 13.6 Å². The second-order valence-electron chi connectivity index (χ2n) is 8.93. The second-order valence-corrected chi connectivity index (χ2v) is 8.93. The highest BCUT2D eigenvalue weighted by atomic mass is 19.1. The van der Waals surface area contributed by atoms with Gasteiger partial charge in [0, 0.05) is 43.8 Å². The van der Waals surface area contributed by atoms with Crippen molar-refractivity contribution in [3.8, 4) is 0 Å². The molecule has 2 atom stereocenters. The number of benzene rings is 1. The minimum atomic E-state index is -0.877. The first-order valence-corrected chi connectivity index (χ1v) is 11.0. The van der Waals surface area contributed by atoms with Crippen molar-refractivity contribution >= 4 is 17.4 Å². The van der Waals surface area contributed by atoms with Crippen LogP contribution in [0.1, 0.15) is 42.9 Å². The minimum absolute atomic E-state index is 0.0656. The molecular formula is C23H23F2N5O2. The van der Waals surface area contributed by atoms with Gasteiger partial charge in [-0.25, -0.2) is 13.8 Å². The zero-order valence-electron chi connectivity index (χ0n) is 17.7. The third-order valence-electron chi connectivity index (χ3n) is 7.04. The SMILES string of the molecule is Cc1cnn2c(N3CCC4(CC3)O[C@@H]3CC[C@@H](c5cc(F)cc(F)c5)N3C4=O)ccnc12. The van der Waals surface area contributed by atoms with Crippen molar-refractivity contribution in [2.24, 2.45) is 0 Å². The van der Waals surface area contributed by atoms with Gasteiger partial charge in [-0.2, -0.15) is 9.61 Å². The van der Waals surface area contributed by atoms with E-state index in [0.717, 1.165) is 23.1 Å². The van der Waals surface area contributed by atoms with Gasteiger partial charge in [-0.05, 0) is 43.5 Å². The molecule has 0 saturated carbocycles. The van der Waals surface area contributed by atoms with E-state index in [1.54, 1.807) is 17.3 Å². The van der Waals surface area contributed by atoms with E-state index in [1.807, 2.05) is 17.5 Å². The quantitative estimate of drug-likeness (QED) is 0.613. The minimum Gasteiger partial charge on any atom is -0.356 e. The summed E-state index contributed by atoms with van der Waals surface area (Å²) in [6, 6.07) is 5.06. The van der Waals surface area contributed by atoms with Gasteiger partial charge in [0.05, 0.1) is 12.2 Å². The van der Waals surface area contributed by atoms with E-state index in [4.69, 9.17) is 4.74 Å². The monoisotopic (exact) mass is 439 g/mol.